The Morgan fingerprint density at radius 2 is 2.24 bits per heavy atom. The number of nitrogens with two attached hydrogens (primary N) is 1. The summed E-state index contributed by atoms with van der Waals surface area (Å²) in [5.41, 5.74) is 5.74. The molecule has 0 saturated heterocycles. The number of hydrogen-bond donors (Lipinski definition) is 1. The van der Waals surface area contributed by atoms with E-state index < -0.39 is 0 Å². The molecule has 0 fully saturated rings. The summed E-state index contributed by atoms with van der Waals surface area (Å²) < 4.78 is 5.37. The molecule has 2 aromatic rings. The van der Waals surface area contributed by atoms with Crippen molar-refractivity contribution in [2.24, 2.45) is 5.73 Å². The molecule has 0 saturated carbocycles. The monoisotopic (exact) mass is 306 g/mol. The highest BCUT2D eigenvalue weighted by atomic mass is 32.1. The van der Waals surface area contributed by atoms with Crippen LogP contribution in [0.15, 0.2) is 40.3 Å². The first kappa shape index (κ1) is 15.8. The van der Waals surface area contributed by atoms with E-state index in [4.69, 9.17) is 10.2 Å². The van der Waals surface area contributed by atoms with Crippen LogP contribution in [0, 0.1) is 0 Å². The van der Waals surface area contributed by atoms with Crippen molar-refractivity contribution in [3.8, 4) is 0 Å². The summed E-state index contributed by atoms with van der Waals surface area (Å²) in [7, 11) is 0. The predicted octanol–water partition coefficient (Wildman–Crippen LogP) is 3.39. The predicted molar refractivity (Wildman–Crippen MR) is 84.8 cm³/mol. The van der Waals surface area contributed by atoms with E-state index in [1.807, 2.05) is 35.4 Å². The van der Waals surface area contributed by atoms with E-state index in [0.29, 0.717) is 19.5 Å². The van der Waals surface area contributed by atoms with Gasteiger partial charge in [0.2, 0.25) is 5.91 Å². The summed E-state index contributed by atoms with van der Waals surface area (Å²) in [6.07, 6.45) is 3.88. The molecule has 1 amide bonds. The van der Waals surface area contributed by atoms with Gasteiger partial charge in [0.25, 0.3) is 0 Å². The first-order chi connectivity index (χ1) is 10.1. The summed E-state index contributed by atoms with van der Waals surface area (Å²) in [6, 6.07) is 7.95. The maximum Gasteiger partial charge on any atom is 0.223 e. The fourth-order valence-corrected chi connectivity index (χ4v) is 2.87. The van der Waals surface area contributed by atoms with Gasteiger partial charge in [-0.15, -0.1) is 11.3 Å². The van der Waals surface area contributed by atoms with Crippen LogP contribution in [0.1, 0.15) is 36.8 Å². The Hall–Kier alpha value is -1.59. The van der Waals surface area contributed by atoms with E-state index in [1.54, 1.807) is 17.6 Å². The van der Waals surface area contributed by atoms with Crippen molar-refractivity contribution >= 4 is 17.2 Å². The highest BCUT2D eigenvalue weighted by molar-refractivity contribution is 7.09. The zero-order chi connectivity index (χ0) is 15.1. The molecule has 0 radical (unpaired) electrons. The molecule has 0 bridgehead atoms. The van der Waals surface area contributed by atoms with Crippen LogP contribution in [0.2, 0.25) is 0 Å². The second-order valence-electron chi connectivity index (χ2n) is 5.28. The van der Waals surface area contributed by atoms with Crippen molar-refractivity contribution in [3.63, 3.8) is 0 Å². The van der Waals surface area contributed by atoms with Crippen molar-refractivity contribution in [2.75, 3.05) is 0 Å². The summed E-state index contributed by atoms with van der Waals surface area (Å²) in [5, 5.41) is 2.03. The summed E-state index contributed by atoms with van der Waals surface area (Å²) in [6.45, 7) is 3.12. The van der Waals surface area contributed by atoms with E-state index in [9.17, 15) is 4.79 Å². The normalized spacial score (nSPS) is 12.3. The number of nitrogens with zero attached hydrogens (tertiary/aromatic N) is 1. The lowest BCUT2D eigenvalue weighted by Gasteiger charge is -2.21. The smallest absolute Gasteiger partial charge is 0.223 e. The van der Waals surface area contributed by atoms with Crippen molar-refractivity contribution in [2.45, 2.75) is 45.3 Å². The van der Waals surface area contributed by atoms with Crippen molar-refractivity contribution in [1.29, 1.82) is 0 Å². The zero-order valence-electron chi connectivity index (χ0n) is 12.3. The molecule has 1 unspecified atom stereocenters. The largest absolute Gasteiger partial charge is 0.467 e. The molecular formula is C16H22N2O2S. The molecule has 2 aromatic heterocycles. The minimum atomic E-state index is 0.147. The van der Waals surface area contributed by atoms with Gasteiger partial charge in [-0.2, -0.15) is 0 Å². The Kier molecular flexibility index (Phi) is 6.02. The minimum absolute atomic E-state index is 0.147. The summed E-state index contributed by atoms with van der Waals surface area (Å²) >= 11 is 1.67. The van der Waals surface area contributed by atoms with Gasteiger partial charge in [-0.3, -0.25) is 4.79 Å². The summed E-state index contributed by atoms with van der Waals surface area (Å²) in [5.74, 6) is 0.965. The van der Waals surface area contributed by atoms with Gasteiger partial charge in [0, 0.05) is 17.3 Å². The molecule has 0 aliphatic heterocycles. The fraction of sp³-hybridized carbons (Fsp3) is 0.438. The van der Waals surface area contributed by atoms with Gasteiger partial charge in [0.1, 0.15) is 5.76 Å². The number of hydrogen-bond acceptors (Lipinski definition) is 4. The molecule has 2 rings (SSSR count). The molecule has 2 heterocycles. The lowest BCUT2D eigenvalue weighted by molar-refractivity contribution is -0.132. The van der Waals surface area contributed by atoms with Crippen molar-refractivity contribution < 1.29 is 9.21 Å². The second-order valence-corrected chi connectivity index (χ2v) is 6.31. The average molecular weight is 306 g/mol. The van der Waals surface area contributed by atoms with Gasteiger partial charge < -0.3 is 15.1 Å². The molecule has 1 atom stereocenters. The van der Waals surface area contributed by atoms with Crippen LogP contribution >= 0.6 is 11.3 Å². The number of thiophene rings is 1. The van der Waals surface area contributed by atoms with E-state index in [0.717, 1.165) is 18.6 Å². The Bertz CT molecular complexity index is 484. The Labute approximate surface area is 129 Å². The molecule has 2 N–H and O–H groups in total. The molecule has 0 spiro atoms. The molecule has 5 heteroatoms. The van der Waals surface area contributed by atoms with Crippen LogP contribution in [0.3, 0.4) is 0 Å². The minimum Gasteiger partial charge on any atom is -0.467 e. The van der Waals surface area contributed by atoms with Crippen LogP contribution in [-0.2, 0) is 17.9 Å². The highest BCUT2D eigenvalue weighted by Crippen LogP contribution is 2.16. The topological polar surface area (TPSA) is 59.5 Å². The van der Waals surface area contributed by atoms with Crippen molar-refractivity contribution in [1.82, 2.24) is 4.90 Å². The highest BCUT2D eigenvalue weighted by Gasteiger charge is 2.16. The van der Waals surface area contributed by atoms with Crippen LogP contribution < -0.4 is 5.73 Å². The van der Waals surface area contributed by atoms with Gasteiger partial charge in [-0.25, -0.2) is 0 Å². The third kappa shape index (κ3) is 5.36. The Morgan fingerprint density at radius 3 is 2.86 bits per heavy atom. The second kappa shape index (κ2) is 8.00. The Balaban J connectivity index is 1.95. The third-order valence-corrected chi connectivity index (χ3v) is 4.12. The molecule has 4 nitrogen and oxygen atoms in total. The van der Waals surface area contributed by atoms with Crippen LogP contribution in [-0.4, -0.2) is 16.8 Å². The van der Waals surface area contributed by atoms with Crippen LogP contribution in [0.4, 0.5) is 0 Å². The van der Waals surface area contributed by atoms with E-state index in [1.165, 1.54) is 4.88 Å². The van der Waals surface area contributed by atoms with E-state index >= 15 is 0 Å². The first-order valence-corrected chi connectivity index (χ1v) is 8.11. The number of carbonyl (C=O) groups is 1. The maximum atomic E-state index is 12.4. The quantitative estimate of drug-likeness (QED) is 0.813. The van der Waals surface area contributed by atoms with E-state index in [-0.39, 0.29) is 11.9 Å². The molecule has 0 aromatic carbocycles. The fourth-order valence-electron chi connectivity index (χ4n) is 2.15. The molecule has 0 aliphatic rings. The van der Waals surface area contributed by atoms with Gasteiger partial charge in [0.05, 0.1) is 19.4 Å². The van der Waals surface area contributed by atoms with Gasteiger partial charge in [-0.1, -0.05) is 6.07 Å². The number of carbonyl (C=O) groups excluding carboxylic acids is 1. The maximum absolute atomic E-state index is 12.4. The lowest BCUT2D eigenvalue weighted by Crippen LogP contribution is -2.29. The summed E-state index contributed by atoms with van der Waals surface area (Å²) in [4.78, 5) is 15.5. The third-order valence-electron chi connectivity index (χ3n) is 3.26. The SMILES string of the molecule is CC(N)CCCC(=O)N(Cc1ccco1)Cc1cccs1. The zero-order valence-corrected chi connectivity index (χ0v) is 13.1. The average Bonchev–Trinajstić information content (AvgIpc) is 3.10. The standard InChI is InChI=1S/C16H22N2O2S/c1-13(17)5-2-8-16(19)18(11-14-6-3-9-20-14)12-15-7-4-10-21-15/h3-4,6-7,9-10,13H,2,5,8,11-12,17H2,1H3. The van der Waals surface area contributed by atoms with Crippen LogP contribution in [0.25, 0.3) is 0 Å². The number of amides is 1. The first-order valence-electron chi connectivity index (χ1n) is 7.23. The van der Waals surface area contributed by atoms with E-state index in [2.05, 4.69) is 6.07 Å². The Morgan fingerprint density at radius 1 is 1.38 bits per heavy atom. The van der Waals surface area contributed by atoms with Crippen molar-refractivity contribution in [3.05, 3.63) is 46.5 Å². The van der Waals surface area contributed by atoms with Crippen LogP contribution in [0.5, 0.6) is 0 Å². The van der Waals surface area contributed by atoms with Gasteiger partial charge in [0.15, 0.2) is 0 Å². The molecule has 114 valence electrons. The van der Waals surface area contributed by atoms with Gasteiger partial charge in [-0.05, 0) is 43.3 Å². The number of rotatable bonds is 8. The molecule has 0 aliphatic carbocycles. The lowest BCUT2D eigenvalue weighted by atomic mass is 10.1. The molecule has 21 heavy (non-hydrogen) atoms. The number of furan rings is 1. The molecular weight excluding hydrogens is 284 g/mol. The van der Waals surface area contributed by atoms with Gasteiger partial charge >= 0.3 is 0 Å².